The first-order chi connectivity index (χ1) is 12.2. The highest BCUT2D eigenvalue weighted by Gasteiger charge is 2.46. The van der Waals surface area contributed by atoms with Crippen LogP contribution in [0.15, 0.2) is 18.2 Å². The van der Waals surface area contributed by atoms with Crippen LogP contribution in [0.3, 0.4) is 0 Å². The second kappa shape index (κ2) is 7.01. The fourth-order valence-electron chi connectivity index (χ4n) is 3.55. The minimum Gasteiger partial charge on any atom is -0.347 e. The van der Waals surface area contributed by atoms with Crippen molar-refractivity contribution in [1.82, 2.24) is 15.5 Å². The van der Waals surface area contributed by atoms with Crippen molar-refractivity contribution < 1.29 is 23.2 Å². The van der Waals surface area contributed by atoms with Gasteiger partial charge >= 0.3 is 0 Å². The van der Waals surface area contributed by atoms with Crippen molar-refractivity contribution in [1.29, 1.82) is 0 Å². The van der Waals surface area contributed by atoms with Crippen LogP contribution >= 0.6 is 0 Å². The molecule has 0 saturated carbocycles. The zero-order chi connectivity index (χ0) is 19.0. The molecule has 2 aliphatic rings. The first-order valence-corrected chi connectivity index (χ1v) is 8.62. The third kappa shape index (κ3) is 3.68. The molecule has 26 heavy (non-hydrogen) atoms. The molecule has 0 spiro atoms. The summed E-state index contributed by atoms with van der Waals surface area (Å²) < 4.78 is 26.5. The molecule has 2 heterocycles. The van der Waals surface area contributed by atoms with Gasteiger partial charge in [-0.2, -0.15) is 0 Å². The van der Waals surface area contributed by atoms with E-state index in [1.54, 1.807) is 0 Å². The lowest BCUT2D eigenvalue weighted by Crippen LogP contribution is -2.61. The van der Waals surface area contributed by atoms with E-state index in [-0.39, 0.29) is 36.3 Å². The molecule has 3 rings (SSSR count). The van der Waals surface area contributed by atoms with Crippen molar-refractivity contribution in [3.63, 3.8) is 0 Å². The third-order valence-electron chi connectivity index (χ3n) is 4.67. The highest BCUT2D eigenvalue weighted by atomic mass is 19.1. The smallest absolute Gasteiger partial charge is 0.251 e. The lowest BCUT2D eigenvalue weighted by molar-refractivity contribution is -0.147. The van der Waals surface area contributed by atoms with Gasteiger partial charge in [-0.1, -0.05) is 13.8 Å². The molecule has 0 unspecified atom stereocenters. The predicted molar refractivity (Wildman–Crippen MR) is 89.1 cm³/mol. The summed E-state index contributed by atoms with van der Waals surface area (Å²) in [5.41, 5.74) is -0.138. The molecule has 2 aliphatic heterocycles. The standard InChI is InChI=1S/C18H21F2N3O3/c1-9(2)3-14-18(26)23-8-13(7-15(23)17(25)22-14)21-16(24)10-4-11(19)6-12(20)5-10/h4-6,9,13-15H,3,7-8H2,1-2H3,(H,21,24)(H,22,25)/t13-,14+,15-/m0/s1. The molecule has 0 bridgehead atoms. The number of carbonyl (C=O) groups is 3. The average molecular weight is 365 g/mol. The molecule has 2 N–H and O–H groups in total. The van der Waals surface area contributed by atoms with Gasteiger partial charge in [0.05, 0.1) is 0 Å². The molecule has 6 nitrogen and oxygen atoms in total. The Kier molecular flexibility index (Phi) is 4.93. The zero-order valence-electron chi connectivity index (χ0n) is 14.6. The number of carbonyl (C=O) groups excluding carboxylic acids is 3. The average Bonchev–Trinajstić information content (AvgIpc) is 2.95. The quantitative estimate of drug-likeness (QED) is 0.842. The SMILES string of the molecule is CC(C)C[C@H]1NC(=O)[C@@H]2C[C@H](NC(=O)c3cc(F)cc(F)c3)CN2C1=O. The largest absolute Gasteiger partial charge is 0.347 e. The van der Waals surface area contributed by atoms with Crippen LogP contribution in [0.25, 0.3) is 0 Å². The Hall–Kier alpha value is -2.51. The summed E-state index contributed by atoms with van der Waals surface area (Å²) in [6, 6.07) is 0.941. The van der Waals surface area contributed by atoms with Crippen LogP contribution in [0, 0.1) is 17.6 Å². The summed E-state index contributed by atoms with van der Waals surface area (Å²) >= 11 is 0. The molecule has 2 fully saturated rings. The van der Waals surface area contributed by atoms with Crippen molar-refractivity contribution in [2.75, 3.05) is 6.54 Å². The third-order valence-corrected chi connectivity index (χ3v) is 4.67. The van der Waals surface area contributed by atoms with Crippen LogP contribution in [0.4, 0.5) is 8.78 Å². The van der Waals surface area contributed by atoms with Crippen LogP contribution in [0.2, 0.25) is 0 Å². The summed E-state index contributed by atoms with van der Waals surface area (Å²) in [5.74, 6) is -2.46. The van der Waals surface area contributed by atoms with Gasteiger partial charge in [-0.25, -0.2) is 8.78 Å². The second-order valence-electron chi connectivity index (χ2n) is 7.26. The number of piperazine rings is 1. The summed E-state index contributed by atoms with van der Waals surface area (Å²) in [6.45, 7) is 4.14. The highest BCUT2D eigenvalue weighted by Crippen LogP contribution is 2.25. The van der Waals surface area contributed by atoms with Crippen molar-refractivity contribution in [3.8, 4) is 0 Å². The summed E-state index contributed by atoms with van der Waals surface area (Å²) in [4.78, 5) is 38.6. The maximum absolute atomic E-state index is 13.3. The Labute approximate surface area is 149 Å². The normalized spacial score (nSPS) is 25.3. The number of nitrogens with zero attached hydrogens (tertiary/aromatic N) is 1. The van der Waals surface area contributed by atoms with Gasteiger partial charge in [0.2, 0.25) is 11.8 Å². The van der Waals surface area contributed by atoms with E-state index in [4.69, 9.17) is 0 Å². The minimum absolute atomic E-state index is 0.138. The van der Waals surface area contributed by atoms with Crippen LogP contribution in [-0.4, -0.2) is 47.3 Å². The van der Waals surface area contributed by atoms with Crippen LogP contribution in [-0.2, 0) is 9.59 Å². The Morgan fingerprint density at radius 3 is 2.54 bits per heavy atom. The lowest BCUT2D eigenvalue weighted by Gasteiger charge is -2.35. The lowest BCUT2D eigenvalue weighted by atomic mass is 9.99. The van der Waals surface area contributed by atoms with E-state index in [0.717, 1.165) is 12.1 Å². The van der Waals surface area contributed by atoms with Crippen molar-refractivity contribution in [3.05, 3.63) is 35.4 Å². The van der Waals surface area contributed by atoms with E-state index in [2.05, 4.69) is 10.6 Å². The van der Waals surface area contributed by atoms with E-state index in [0.29, 0.717) is 12.5 Å². The van der Waals surface area contributed by atoms with Crippen LogP contribution in [0.1, 0.15) is 37.0 Å². The van der Waals surface area contributed by atoms with Gasteiger partial charge < -0.3 is 15.5 Å². The molecule has 2 saturated heterocycles. The molecular formula is C18H21F2N3O3. The van der Waals surface area contributed by atoms with Crippen LogP contribution in [0.5, 0.6) is 0 Å². The van der Waals surface area contributed by atoms with Crippen molar-refractivity contribution in [2.45, 2.75) is 44.8 Å². The second-order valence-corrected chi connectivity index (χ2v) is 7.26. The minimum atomic E-state index is -0.843. The van der Waals surface area contributed by atoms with Gasteiger partial charge in [-0.3, -0.25) is 14.4 Å². The van der Waals surface area contributed by atoms with Crippen molar-refractivity contribution >= 4 is 17.7 Å². The van der Waals surface area contributed by atoms with E-state index in [9.17, 15) is 23.2 Å². The van der Waals surface area contributed by atoms with E-state index >= 15 is 0 Å². The van der Waals surface area contributed by atoms with Crippen molar-refractivity contribution in [2.24, 2.45) is 5.92 Å². The van der Waals surface area contributed by atoms with Gasteiger partial charge in [0, 0.05) is 24.2 Å². The van der Waals surface area contributed by atoms with Gasteiger partial charge in [0.15, 0.2) is 0 Å². The first kappa shape index (κ1) is 18.3. The Bertz CT molecular complexity index is 733. The number of halogens is 2. The monoisotopic (exact) mass is 365 g/mol. The molecule has 1 aromatic rings. The van der Waals surface area contributed by atoms with E-state index in [1.807, 2.05) is 13.8 Å². The number of hydrogen-bond acceptors (Lipinski definition) is 3. The molecule has 0 aromatic heterocycles. The van der Waals surface area contributed by atoms with E-state index in [1.165, 1.54) is 4.90 Å². The van der Waals surface area contributed by atoms with Gasteiger partial charge in [-0.05, 0) is 30.9 Å². The Balaban J connectivity index is 1.68. The summed E-state index contributed by atoms with van der Waals surface area (Å²) in [7, 11) is 0. The maximum atomic E-state index is 13.3. The first-order valence-electron chi connectivity index (χ1n) is 8.62. The fraction of sp³-hybridized carbons (Fsp3) is 0.500. The van der Waals surface area contributed by atoms with E-state index < -0.39 is 35.7 Å². The van der Waals surface area contributed by atoms with Gasteiger partial charge in [0.25, 0.3) is 5.91 Å². The molecule has 0 radical (unpaired) electrons. The molecule has 3 amide bonds. The highest BCUT2D eigenvalue weighted by molar-refractivity contribution is 5.98. The number of fused-ring (bicyclic) bond motifs is 1. The molecule has 1 aromatic carbocycles. The Morgan fingerprint density at radius 2 is 1.92 bits per heavy atom. The molecular weight excluding hydrogens is 344 g/mol. The zero-order valence-corrected chi connectivity index (χ0v) is 14.6. The molecule has 3 atom stereocenters. The van der Waals surface area contributed by atoms with Gasteiger partial charge in [0.1, 0.15) is 23.7 Å². The number of rotatable bonds is 4. The number of nitrogens with one attached hydrogen (secondary N) is 2. The Morgan fingerprint density at radius 1 is 1.27 bits per heavy atom. The number of hydrogen-bond donors (Lipinski definition) is 2. The van der Waals surface area contributed by atoms with Gasteiger partial charge in [-0.15, -0.1) is 0 Å². The number of benzene rings is 1. The molecule has 0 aliphatic carbocycles. The fourth-order valence-corrected chi connectivity index (χ4v) is 3.55. The summed E-state index contributed by atoms with van der Waals surface area (Å²) in [5, 5.41) is 5.40. The topological polar surface area (TPSA) is 78.5 Å². The molecule has 140 valence electrons. The maximum Gasteiger partial charge on any atom is 0.251 e. The molecule has 8 heteroatoms. The van der Waals surface area contributed by atoms with Crippen LogP contribution < -0.4 is 10.6 Å². The number of amides is 3. The summed E-state index contributed by atoms with van der Waals surface area (Å²) in [6.07, 6.45) is 0.822. The predicted octanol–water partition coefficient (Wildman–Crippen LogP) is 1.21.